The second kappa shape index (κ2) is 11.2. The maximum Gasteiger partial charge on any atom is 0.342 e. The van der Waals surface area contributed by atoms with Gasteiger partial charge in [-0.25, -0.2) is 4.79 Å². The van der Waals surface area contributed by atoms with E-state index < -0.39 is 5.97 Å². The molecule has 10 nitrogen and oxygen atoms in total. The Morgan fingerprint density at radius 3 is 2.46 bits per heavy atom. The lowest BCUT2D eigenvalue weighted by molar-refractivity contribution is -0.131. The molecule has 1 aliphatic heterocycles. The predicted molar refractivity (Wildman–Crippen MR) is 135 cm³/mol. The number of benzene rings is 1. The number of anilines is 1. The van der Waals surface area contributed by atoms with E-state index in [4.69, 9.17) is 18.6 Å². The van der Waals surface area contributed by atoms with Gasteiger partial charge in [-0.2, -0.15) is 0 Å². The van der Waals surface area contributed by atoms with E-state index in [1.807, 2.05) is 23.6 Å². The average molecular weight is 565 g/mol. The molecule has 4 rings (SSSR count). The third kappa shape index (κ3) is 5.65. The number of carboxylic acid groups (broad SMARTS) is 1. The number of aliphatic carboxylic acids is 1. The van der Waals surface area contributed by atoms with Crippen LogP contribution < -0.4 is 14.4 Å². The van der Waals surface area contributed by atoms with E-state index in [1.54, 1.807) is 26.4 Å². The molecule has 0 unspecified atom stereocenters. The number of carbonyl (C=O) groups is 1. The number of rotatable bonds is 9. The molecule has 1 fully saturated rings. The van der Waals surface area contributed by atoms with Crippen LogP contribution in [0.25, 0.3) is 17.5 Å². The highest BCUT2D eigenvalue weighted by Crippen LogP contribution is 2.36. The highest BCUT2D eigenvalue weighted by molar-refractivity contribution is 9.10. The molecular formula is C23H25BrN4O6S. The predicted octanol–water partition coefficient (Wildman–Crippen LogP) is 4.39. The van der Waals surface area contributed by atoms with Gasteiger partial charge in [-0.05, 0) is 46.7 Å². The highest BCUT2D eigenvalue weighted by atomic mass is 79.9. The largest absolute Gasteiger partial charge is 0.497 e. The lowest BCUT2D eigenvalue weighted by Crippen LogP contribution is -2.36. The van der Waals surface area contributed by atoms with Gasteiger partial charge in [0.05, 0.1) is 31.9 Å². The summed E-state index contributed by atoms with van der Waals surface area (Å²) in [6.45, 7) is 5.10. The van der Waals surface area contributed by atoms with Crippen molar-refractivity contribution >= 4 is 45.6 Å². The van der Waals surface area contributed by atoms with Crippen LogP contribution in [0.3, 0.4) is 0 Å². The van der Waals surface area contributed by atoms with Crippen molar-refractivity contribution in [3.63, 3.8) is 0 Å². The number of hydrogen-bond acceptors (Lipinski definition) is 9. The minimum Gasteiger partial charge on any atom is -0.497 e. The molecule has 1 aliphatic rings. The smallest absolute Gasteiger partial charge is 0.342 e. The van der Waals surface area contributed by atoms with Crippen molar-refractivity contribution in [3.05, 3.63) is 39.4 Å². The number of aromatic nitrogens is 3. The number of thioether (sulfide) groups is 1. The molecule has 1 saturated heterocycles. The van der Waals surface area contributed by atoms with Crippen LogP contribution in [0, 0.1) is 0 Å². The minimum atomic E-state index is -1.09. The van der Waals surface area contributed by atoms with Crippen molar-refractivity contribution in [2.45, 2.75) is 18.6 Å². The Kier molecular flexibility index (Phi) is 8.04. The van der Waals surface area contributed by atoms with Crippen LogP contribution in [0.15, 0.2) is 43.2 Å². The molecule has 0 aliphatic carbocycles. The number of hydrogen-bond donors (Lipinski definition) is 1. The molecule has 1 aromatic carbocycles. The van der Waals surface area contributed by atoms with E-state index in [1.165, 1.54) is 6.08 Å². The first-order valence-electron chi connectivity index (χ1n) is 10.8. The molecule has 0 radical (unpaired) electrons. The second-order valence-electron chi connectivity index (χ2n) is 7.47. The Labute approximate surface area is 215 Å². The summed E-state index contributed by atoms with van der Waals surface area (Å²) in [5.41, 5.74) is 0.744. The summed E-state index contributed by atoms with van der Waals surface area (Å²) < 4.78 is 24.7. The van der Waals surface area contributed by atoms with Crippen LogP contribution in [0.5, 0.6) is 11.5 Å². The number of morpholine rings is 1. The molecule has 0 amide bonds. The fraction of sp³-hybridized carbons (Fsp3) is 0.348. The normalized spacial score (nSPS) is 14.3. The quantitative estimate of drug-likeness (QED) is 0.296. The second-order valence-corrected chi connectivity index (χ2v) is 9.33. The van der Waals surface area contributed by atoms with Crippen LogP contribution in [0.4, 0.5) is 5.88 Å². The third-order valence-corrected chi connectivity index (χ3v) is 6.88. The third-order valence-electron chi connectivity index (χ3n) is 5.31. The van der Waals surface area contributed by atoms with Gasteiger partial charge in [-0.3, -0.25) is 0 Å². The first-order valence-corrected chi connectivity index (χ1v) is 12.5. The Hall–Kier alpha value is -2.96. The number of carboxylic acids is 1. The maximum absolute atomic E-state index is 12.1. The number of furan rings is 1. The van der Waals surface area contributed by atoms with Gasteiger partial charge in [0.25, 0.3) is 0 Å². The maximum atomic E-state index is 12.1. The summed E-state index contributed by atoms with van der Waals surface area (Å²) in [4.78, 5) is 14.2. The van der Waals surface area contributed by atoms with Crippen molar-refractivity contribution in [2.24, 2.45) is 0 Å². The molecule has 2 aromatic heterocycles. The molecule has 35 heavy (non-hydrogen) atoms. The van der Waals surface area contributed by atoms with Crippen molar-refractivity contribution in [1.82, 2.24) is 14.8 Å². The Morgan fingerprint density at radius 2 is 1.86 bits per heavy atom. The standard InChI is InChI=1S/C23H25BrN4O6S/c1-4-28-20(14-9-15(31-2)11-16(10-14)32-3)25-26-23(28)35-19(22(29)30)13-17-12-18(24)21(34-17)27-5-7-33-8-6-27/h9-13H,4-8H2,1-3H3,(H,29,30)/b19-13-. The Morgan fingerprint density at radius 1 is 1.17 bits per heavy atom. The minimum absolute atomic E-state index is 0.0525. The highest BCUT2D eigenvalue weighted by Gasteiger charge is 2.22. The molecule has 3 heterocycles. The molecular weight excluding hydrogens is 540 g/mol. The summed E-state index contributed by atoms with van der Waals surface area (Å²) in [7, 11) is 3.15. The first-order chi connectivity index (χ1) is 16.9. The van der Waals surface area contributed by atoms with Crippen molar-refractivity contribution in [2.75, 3.05) is 45.4 Å². The van der Waals surface area contributed by atoms with Gasteiger partial charge in [0, 0.05) is 43.4 Å². The van der Waals surface area contributed by atoms with Crippen molar-refractivity contribution in [1.29, 1.82) is 0 Å². The van der Waals surface area contributed by atoms with E-state index >= 15 is 0 Å². The van der Waals surface area contributed by atoms with Gasteiger partial charge in [-0.1, -0.05) is 0 Å². The fourth-order valence-corrected chi connectivity index (χ4v) is 5.02. The molecule has 0 spiro atoms. The molecule has 0 atom stereocenters. The summed E-state index contributed by atoms with van der Waals surface area (Å²) in [5.74, 6) is 1.79. The van der Waals surface area contributed by atoms with Crippen LogP contribution in [-0.2, 0) is 16.1 Å². The first kappa shape index (κ1) is 25.1. The van der Waals surface area contributed by atoms with Crippen LogP contribution in [0.1, 0.15) is 12.7 Å². The molecule has 1 N–H and O–H groups in total. The zero-order valence-corrected chi connectivity index (χ0v) is 21.9. The zero-order valence-electron chi connectivity index (χ0n) is 19.5. The molecule has 3 aromatic rings. The van der Waals surface area contributed by atoms with Gasteiger partial charge < -0.3 is 33.2 Å². The van der Waals surface area contributed by atoms with E-state index in [2.05, 4.69) is 31.0 Å². The molecule has 12 heteroatoms. The lowest BCUT2D eigenvalue weighted by atomic mass is 10.2. The van der Waals surface area contributed by atoms with Gasteiger partial charge in [0.15, 0.2) is 11.0 Å². The lowest BCUT2D eigenvalue weighted by Gasteiger charge is -2.26. The van der Waals surface area contributed by atoms with E-state index in [0.29, 0.717) is 67.0 Å². The Bertz CT molecular complexity index is 1210. The van der Waals surface area contributed by atoms with Crippen LogP contribution >= 0.6 is 27.7 Å². The molecule has 186 valence electrons. The molecule has 0 saturated carbocycles. The van der Waals surface area contributed by atoms with E-state index in [0.717, 1.165) is 21.8 Å². The zero-order chi connectivity index (χ0) is 24.9. The van der Waals surface area contributed by atoms with E-state index in [9.17, 15) is 9.90 Å². The molecule has 0 bridgehead atoms. The topological polar surface area (TPSA) is 112 Å². The Balaban J connectivity index is 1.64. The summed E-state index contributed by atoms with van der Waals surface area (Å²) in [5, 5.41) is 18.9. The van der Waals surface area contributed by atoms with Gasteiger partial charge in [0.1, 0.15) is 22.2 Å². The summed E-state index contributed by atoms with van der Waals surface area (Å²) in [6.07, 6.45) is 1.49. The van der Waals surface area contributed by atoms with Gasteiger partial charge in [-0.15, -0.1) is 10.2 Å². The van der Waals surface area contributed by atoms with E-state index in [-0.39, 0.29) is 4.91 Å². The monoisotopic (exact) mass is 564 g/mol. The van der Waals surface area contributed by atoms with Crippen molar-refractivity contribution < 1.29 is 28.5 Å². The summed E-state index contributed by atoms with van der Waals surface area (Å²) >= 11 is 4.52. The number of halogens is 1. The van der Waals surface area contributed by atoms with Crippen molar-refractivity contribution in [3.8, 4) is 22.9 Å². The fourth-order valence-electron chi connectivity index (χ4n) is 3.59. The van der Waals surface area contributed by atoms with Gasteiger partial charge >= 0.3 is 5.97 Å². The number of ether oxygens (including phenoxy) is 3. The van der Waals surface area contributed by atoms with Crippen LogP contribution in [0.2, 0.25) is 0 Å². The van der Waals surface area contributed by atoms with Crippen LogP contribution in [-0.4, -0.2) is 66.4 Å². The summed E-state index contributed by atoms with van der Waals surface area (Å²) in [6, 6.07) is 7.18. The van der Waals surface area contributed by atoms with Gasteiger partial charge in [0.2, 0.25) is 5.88 Å². The number of methoxy groups -OCH3 is 2. The number of nitrogens with zero attached hydrogens (tertiary/aromatic N) is 4. The average Bonchev–Trinajstić information content (AvgIpc) is 3.46. The SMILES string of the molecule is CCn1c(S/C(=C\c2cc(Br)c(N3CCOCC3)o2)C(=O)O)nnc1-c1cc(OC)cc(OC)c1.